The molecule has 34 heavy (non-hydrogen) atoms. The lowest BCUT2D eigenvalue weighted by Gasteiger charge is -2.29. The van der Waals surface area contributed by atoms with E-state index in [9.17, 15) is 22.4 Å². The molecule has 0 saturated carbocycles. The highest BCUT2D eigenvalue weighted by Crippen LogP contribution is 2.29. The van der Waals surface area contributed by atoms with Crippen LogP contribution in [-0.4, -0.2) is 42.3 Å². The average Bonchev–Trinajstić information content (AvgIpc) is 2.80. The van der Waals surface area contributed by atoms with E-state index in [-0.39, 0.29) is 40.7 Å². The van der Waals surface area contributed by atoms with Gasteiger partial charge in [0.2, 0.25) is 0 Å². The van der Waals surface area contributed by atoms with Crippen LogP contribution < -0.4 is 15.5 Å². The summed E-state index contributed by atoms with van der Waals surface area (Å²) in [4.78, 5) is 13.5. The van der Waals surface area contributed by atoms with Crippen molar-refractivity contribution in [3.63, 3.8) is 0 Å². The quantitative estimate of drug-likeness (QED) is 0.387. The monoisotopic (exact) mass is 475 g/mol. The summed E-state index contributed by atoms with van der Waals surface area (Å²) in [6.07, 6.45) is 0. The Balaban J connectivity index is 1.56. The van der Waals surface area contributed by atoms with E-state index < -0.39 is 29.1 Å². The first-order chi connectivity index (χ1) is 16.3. The summed E-state index contributed by atoms with van der Waals surface area (Å²) in [5, 5.41) is 13.3. The Kier molecular flexibility index (Phi) is 6.92. The van der Waals surface area contributed by atoms with E-state index in [1.165, 1.54) is 25.1 Å². The second kappa shape index (κ2) is 10.0. The number of anilines is 4. The van der Waals surface area contributed by atoms with Gasteiger partial charge in [-0.05, 0) is 18.2 Å². The van der Waals surface area contributed by atoms with Gasteiger partial charge in [-0.15, -0.1) is 10.2 Å². The number of benzene rings is 2. The molecule has 0 bridgehead atoms. The number of nitrogens with zero attached hydrogens (tertiary/aromatic N) is 3. The van der Waals surface area contributed by atoms with E-state index in [1.807, 2.05) is 0 Å². The number of morpholine rings is 1. The minimum absolute atomic E-state index is 0.0256. The fourth-order valence-electron chi connectivity index (χ4n) is 3.60. The Morgan fingerprint density at radius 1 is 1.03 bits per heavy atom. The highest BCUT2D eigenvalue weighted by Gasteiger charge is 2.21. The number of carbonyl (C=O) groups excluding carboxylic acids is 1. The fourth-order valence-corrected chi connectivity index (χ4v) is 3.60. The molecule has 2 heterocycles. The maximum absolute atomic E-state index is 14.7. The Morgan fingerprint density at radius 2 is 1.74 bits per heavy atom. The molecule has 0 unspecified atom stereocenters. The molecule has 1 aliphatic heterocycles. The van der Waals surface area contributed by atoms with Gasteiger partial charge in [-0.2, -0.15) is 0 Å². The van der Waals surface area contributed by atoms with E-state index in [1.54, 1.807) is 4.90 Å². The molecule has 0 spiro atoms. The standard InChI is InChI=1S/C23H21F4N5O2/c1-13(33)22-19(28-12-14-3-2-4-16(24)21(14)27)11-20(30-31-22)29-15-9-17(25)23(18(26)10-15)32-5-7-34-8-6-32/h2-4,9-11H,5-8,12H2,1H3,(H2,28,29,30). The van der Waals surface area contributed by atoms with Gasteiger partial charge in [0.05, 0.1) is 18.9 Å². The fraction of sp³-hybridized carbons (Fsp3) is 0.261. The molecule has 0 radical (unpaired) electrons. The average molecular weight is 475 g/mol. The molecule has 178 valence electrons. The van der Waals surface area contributed by atoms with Gasteiger partial charge in [-0.1, -0.05) is 12.1 Å². The van der Waals surface area contributed by atoms with Gasteiger partial charge in [0, 0.05) is 43.9 Å². The van der Waals surface area contributed by atoms with Gasteiger partial charge >= 0.3 is 0 Å². The van der Waals surface area contributed by atoms with Crippen molar-refractivity contribution in [3.8, 4) is 0 Å². The largest absolute Gasteiger partial charge is 0.379 e. The van der Waals surface area contributed by atoms with Gasteiger partial charge in [0.25, 0.3) is 0 Å². The Labute approximate surface area is 192 Å². The number of hydrogen-bond donors (Lipinski definition) is 2. The molecule has 1 aromatic heterocycles. The summed E-state index contributed by atoms with van der Waals surface area (Å²) in [6.45, 7) is 2.66. The Hall–Kier alpha value is -3.73. The van der Waals surface area contributed by atoms with Crippen LogP contribution in [0, 0.1) is 23.3 Å². The number of ether oxygens (including phenoxy) is 1. The van der Waals surface area contributed by atoms with Crippen LogP contribution in [0.3, 0.4) is 0 Å². The first kappa shape index (κ1) is 23.4. The molecule has 0 amide bonds. The summed E-state index contributed by atoms with van der Waals surface area (Å²) in [5.41, 5.74) is 0.163. The molecule has 1 aliphatic rings. The van der Waals surface area contributed by atoms with Crippen molar-refractivity contribution in [2.45, 2.75) is 13.5 Å². The summed E-state index contributed by atoms with van der Waals surface area (Å²) in [7, 11) is 0. The lowest BCUT2D eigenvalue weighted by atomic mass is 10.2. The number of hydrogen-bond acceptors (Lipinski definition) is 7. The molecule has 2 aromatic carbocycles. The van der Waals surface area contributed by atoms with Crippen LogP contribution in [0.1, 0.15) is 23.0 Å². The van der Waals surface area contributed by atoms with Gasteiger partial charge in [-0.3, -0.25) is 4.79 Å². The van der Waals surface area contributed by atoms with E-state index in [0.717, 1.165) is 18.2 Å². The molecular weight excluding hydrogens is 454 g/mol. The summed E-state index contributed by atoms with van der Waals surface area (Å²) < 4.78 is 62.1. The van der Waals surface area contributed by atoms with Crippen molar-refractivity contribution in [1.29, 1.82) is 0 Å². The zero-order valence-electron chi connectivity index (χ0n) is 18.2. The lowest BCUT2D eigenvalue weighted by molar-refractivity contribution is 0.101. The van der Waals surface area contributed by atoms with Gasteiger partial charge in [0.15, 0.2) is 40.6 Å². The van der Waals surface area contributed by atoms with E-state index >= 15 is 0 Å². The minimum atomic E-state index is -1.01. The van der Waals surface area contributed by atoms with Crippen molar-refractivity contribution in [2.75, 3.05) is 41.8 Å². The number of aromatic nitrogens is 2. The van der Waals surface area contributed by atoms with Crippen LogP contribution in [-0.2, 0) is 11.3 Å². The smallest absolute Gasteiger partial charge is 0.182 e. The number of nitrogens with one attached hydrogen (secondary N) is 2. The minimum Gasteiger partial charge on any atom is -0.379 e. The Morgan fingerprint density at radius 3 is 2.41 bits per heavy atom. The van der Waals surface area contributed by atoms with Crippen LogP contribution in [0.25, 0.3) is 0 Å². The van der Waals surface area contributed by atoms with Crippen molar-refractivity contribution < 1.29 is 27.1 Å². The maximum Gasteiger partial charge on any atom is 0.182 e. The second-order valence-corrected chi connectivity index (χ2v) is 7.63. The van der Waals surface area contributed by atoms with E-state index in [0.29, 0.717) is 26.3 Å². The maximum atomic E-state index is 14.7. The van der Waals surface area contributed by atoms with Crippen LogP contribution in [0.2, 0.25) is 0 Å². The van der Waals surface area contributed by atoms with Crippen LogP contribution >= 0.6 is 0 Å². The third-order valence-electron chi connectivity index (χ3n) is 5.24. The molecule has 7 nitrogen and oxygen atoms in total. The molecule has 4 rings (SSSR count). The third kappa shape index (κ3) is 5.09. The van der Waals surface area contributed by atoms with Crippen molar-refractivity contribution in [1.82, 2.24) is 10.2 Å². The first-order valence-electron chi connectivity index (χ1n) is 10.5. The van der Waals surface area contributed by atoms with Crippen molar-refractivity contribution in [2.24, 2.45) is 0 Å². The van der Waals surface area contributed by atoms with Crippen LogP contribution in [0.15, 0.2) is 36.4 Å². The number of Topliss-reactive ketones (excluding diaryl/α,β-unsaturated/α-hetero) is 1. The topological polar surface area (TPSA) is 79.4 Å². The molecule has 0 atom stereocenters. The number of carbonyl (C=O) groups is 1. The third-order valence-corrected chi connectivity index (χ3v) is 5.24. The molecule has 0 aliphatic carbocycles. The molecule has 1 fully saturated rings. The zero-order valence-corrected chi connectivity index (χ0v) is 18.2. The molecule has 3 aromatic rings. The van der Waals surface area contributed by atoms with E-state index in [4.69, 9.17) is 4.74 Å². The lowest BCUT2D eigenvalue weighted by Crippen LogP contribution is -2.37. The number of rotatable bonds is 7. The first-order valence-corrected chi connectivity index (χ1v) is 10.5. The molecular formula is C23H21F4N5O2. The molecule has 2 N–H and O–H groups in total. The normalized spacial score (nSPS) is 13.6. The SMILES string of the molecule is CC(=O)c1nnc(Nc2cc(F)c(N3CCOCC3)c(F)c2)cc1NCc1cccc(F)c1F. The highest BCUT2D eigenvalue weighted by atomic mass is 19.2. The Bertz CT molecular complexity index is 1190. The van der Waals surface area contributed by atoms with Gasteiger partial charge in [0.1, 0.15) is 5.69 Å². The molecule has 1 saturated heterocycles. The van der Waals surface area contributed by atoms with E-state index in [2.05, 4.69) is 20.8 Å². The van der Waals surface area contributed by atoms with Crippen molar-refractivity contribution >= 4 is 28.7 Å². The van der Waals surface area contributed by atoms with Gasteiger partial charge < -0.3 is 20.3 Å². The zero-order chi connectivity index (χ0) is 24.2. The second-order valence-electron chi connectivity index (χ2n) is 7.63. The van der Waals surface area contributed by atoms with Crippen molar-refractivity contribution in [3.05, 3.63) is 70.9 Å². The summed E-state index contributed by atoms with van der Waals surface area (Å²) in [6, 6.07) is 7.41. The van der Waals surface area contributed by atoms with Crippen LogP contribution in [0.4, 0.5) is 40.4 Å². The van der Waals surface area contributed by atoms with Crippen LogP contribution in [0.5, 0.6) is 0 Å². The molecule has 11 heteroatoms. The number of ketones is 1. The highest BCUT2D eigenvalue weighted by molar-refractivity contribution is 5.97. The van der Waals surface area contributed by atoms with Gasteiger partial charge in [-0.25, -0.2) is 17.6 Å². The summed E-state index contributed by atoms with van der Waals surface area (Å²) >= 11 is 0. The predicted octanol–water partition coefficient (Wildman–Crippen LogP) is 4.43. The summed E-state index contributed by atoms with van der Waals surface area (Å²) in [5.74, 6) is -3.83. The predicted molar refractivity (Wildman–Crippen MR) is 118 cm³/mol. The number of halogens is 4.